The number of methoxy groups -OCH3 is 2. The topological polar surface area (TPSA) is 43.4 Å². The molecule has 2 aromatic rings. The van der Waals surface area contributed by atoms with Gasteiger partial charge in [-0.1, -0.05) is 6.92 Å². The van der Waals surface area contributed by atoms with E-state index in [9.17, 15) is 0 Å². The minimum Gasteiger partial charge on any atom is -0.497 e. The molecule has 4 nitrogen and oxygen atoms in total. The zero-order valence-electron chi connectivity index (χ0n) is 13.0. The number of ether oxygens (including phenoxy) is 2. The summed E-state index contributed by atoms with van der Waals surface area (Å²) in [5.74, 6) is 1.58. The molecule has 0 spiro atoms. The van der Waals surface area contributed by atoms with E-state index in [1.54, 1.807) is 14.2 Å². The monoisotopic (exact) mass is 286 g/mol. The van der Waals surface area contributed by atoms with Gasteiger partial charge in [-0.2, -0.15) is 0 Å². The zero-order chi connectivity index (χ0) is 15.2. The number of rotatable bonds is 6. The number of aryl methyl sites for hydroxylation is 1. The lowest BCUT2D eigenvalue weighted by molar-refractivity contribution is 0.392. The van der Waals surface area contributed by atoms with Gasteiger partial charge in [-0.25, -0.2) is 0 Å². The van der Waals surface area contributed by atoms with Crippen molar-refractivity contribution in [2.45, 2.75) is 19.4 Å². The molecule has 4 heteroatoms. The first-order valence-corrected chi connectivity index (χ1v) is 7.06. The molecule has 0 radical (unpaired) electrons. The molecular weight excluding hydrogens is 264 g/mol. The summed E-state index contributed by atoms with van der Waals surface area (Å²) in [6.45, 7) is 2.14. The Morgan fingerprint density at radius 2 is 1.81 bits per heavy atom. The first-order valence-electron chi connectivity index (χ1n) is 7.06. The lowest BCUT2D eigenvalue weighted by Crippen LogP contribution is -2.19. The van der Waals surface area contributed by atoms with Gasteiger partial charge in [0.25, 0.3) is 0 Å². The van der Waals surface area contributed by atoms with Crippen molar-refractivity contribution in [3.63, 3.8) is 0 Å². The molecule has 21 heavy (non-hydrogen) atoms. The second-order valence-corrected chi connectivity index (χ2v) is 4.80. The van der Waals surface area contributed by atoms with E-state index >= 15 is 0 Å². The Labute approximate surface area is 126 Å². The van der Waals surface area contributed by atoms with Crippen LogP contribution in [0.3, 0.4) is 0 Å². The van der Waals surface area contributed by atoms with Crippen LogP contribution >= 0.6 is 0 Å². The number of hydrogen-bond donors (Lipinski definition) is 1. The predicted molar refractivity (Wildman–Crippen MR) is 84.1 cm³/mol. The molecule has 0 fully saturated rings. The molecule has 1 atom stereocenters. The Morgan fingerprint density at radius 1 is 1.14 bits per heavy atom. The Bertz CT molecular complexity index is 577. The highest BCUT2D eigenvalue weighted by atomic mass is 16.5. The summed E-state index contributed by atoms with van der Waals surface area (Å²) in [4.78, 5) is 4.22. The lowest BCUT2D eigenvalue weighted by atomic mass is 9.94. The van der Waals surface area contributed by atoms with Gasteiger partial charge in [0.2, 0.25) is 0 Å². The van der Waals surface area contributed by atoms with E-state index in [0.29, 0.717) is 0 Å². The molecule has 112 valence electrons. The first kappa shape index (κ1) is 15.3. The Hall–Kier alpha value is -2.07. The molecule has 0 aliphatic heterocycles. The largest absolute Gasteiger partial charge is 0.497 e. The summed E-state index contributed by atoms with van der Waals surface area (Å²) in [6.07, 6.45) is 4.70. The number of benzene rings is 1. The van der Waals surface area contributed by atoms with Crippen molar-refractivity contribution in [1.29, 1.82) is 0 Å². The van der Waals surface area contributed by atoms with Gasteiger partial charge in [0.15, 0.2) is 0 Å². The smallest absolute Gasteiger partial charge is 0.122 e. The van der Waals surface area contributed by atoms with Crippen molar-refractivity contribution in [3.8, 4) is 11.5 Å². The molecule has 1 unspecified atom stereocenters. The van der Waals surface area contributed by atoms with Crippen LogP contribution in [0.1, 0.15) is 29.7 Å². The normalized spacial score (nSPS) is 12.0. The number of nitrogens with zero attached hydrogens (tertiary/aromatic N) is 1. The summed E-state index contributed by atoms with van der Waals surface area (Å²) in [5.41, 5.74) is 3.57. The summed E-state index contributed by atoms with van der Waals surface area (Å²) >= 11 is 0. The molecular formula is C17H22N2O2. The molecule has 0 aliphatic carbocycles. The van der Waals surface area contributed by atoms with Crippen molar-refractivity contribution in [2.75, 3.05) is 21.3 Å². The summed E-state index contributed by atoms with van der Waals surface area (Å²) in [6, 6.07) is 8.08. The van der Waals surface area contributed by atoms with E-state index in [1.807, 2.05) is 37.6 Å². The fraction of sp³-hybridized carbons (Fsp3) is 0.353. The van der Waals surface area contributed by atoms with Crippen LogP contribution in [0, 0.1) is 0 Å². The van der Waals surface area contributed by atoms with Gasteiger partial charge in [0.1, 0.15) is 11.5 Å². The van der Waals surface area contributed by atoms with Crippen molar-refractivity contribution >= 4 is 0 Å². The van der Waals surface area contributed by atoms with Gasteiger partial charge in [0, 0.05) is 18.5 Å². The molecule has 1 aromatic carbocycles. The molecule has 1 heterocycles. The maximum atomic E-state index is 5.36. The highest BCUT2D eigenvalue weighted by Crippen LogP contribution is 2.31. The van der Waals surface area contributed by atoms with Gasteiger partial charge in [-0.05, 0) is 48.4 Å². The molecule has 1 N–H and O–H groups in total. The Morgan fingerprint density at radius 3 is 2.33 bits per heavy atom. The molecule has 0 saturated heterocycles. The van der Waals surface area contributed by atoms with Crippen molar-refractivity contribution in [3.05, 3.63) is 53.3 Å². The van der Waals surface area contributed by atoms with Crippen LogP contribution in [-0.4, -0.2) is 26.3 Å². The van der Waals surface area contributed by atoms with E-state index in [4.69, 9.17) is 9.47 Å². The quantitative estimate of drug-likeness (QED) is 0.886. The maximum Gasteiger partial charge on any atom is 0.122 e. The van der Waals surface area contributed by atoms with Crippen LogP contribution in [0.15, 0.2) is 36.7 Å². The van der Waals surface area contributed by atoms with E-state index in [0.717, 1.165) is 23.5 Å². The standard InChI is InChI=1S/C17H22N2O2/c1-5-12-11-19-7-6-16(12)17(18-2)13-8-14(20-3)10-15(9-13)21-4/h6-11,17-18H,5H2,1-4H3. The van der Waals surface area contributed by atoms with Gasteiger partial charge < -0.3 is 14.8 Å². The van der Waals surface area contributed by atoms with Crippen LogP contribution in [0.4, 0.5) is 0 Å². The SMILES string of the molecule is CCc1cnccc1C(NC)c1cc(OC)cc(OC)c1. The molecule has 2 rings (SSSR count). The van der Waals surface area contributed by atoms with Crippen LogP contribution < -0.4 is 14.8 Å². The number of hydrogen-bond acceptors (Lipinski definition) is 4. The van der Waals surface area contributed by atoms with Gasteiger partial charge >= 0.3 is 0 Å². The second-order valence-electron chi connectivity index (χ2n) is 4.80. The Balaban J connectivity index is 2.50. The molecule has 0 bridgehead atoms. The van der Waals surface area contributed by atoms with Crippen molar-refractivity contribution in [1.82, 2.24) is 10.3 Å². The summed E-state index contributed by atoms with van der Waals surface area (Å²) in [5, 5.41) is 3.37. The van der Waals surface area contributed by atoms with Crippen molar-refractivity contribution in [2.24, 2.45) is 0 Å². The van der Waals surface area contributed by atoms with E-state index < -0.39 is 0 Å². The van der Waals surface area contributed by atoms with Crippen LogP contribution in [-0.2, 0) is 6.42 Å². The first-order chi connectivity index (χ1) is 10.2. The number of pyridine rings is 1. The van der Waals surface area contributed by atoms with Gasteiger partial charge in [0.05, 0.1) is 20.3 Å². The predicted octanol–water partition coefficient (Wildman–Crippen LogP) is 2.97. The lowest BCUT2D eigenvalue weighted by Gasteiger charge is -2.21. The average Bonchev–Trinajstić information content (AvgIpc) is 2.55. The number of aromatic nitrogens is 1. The molecule has 0 saturated carbocycles. The molecule has 0 amide bonds. The maximum absolute atomic E-state index is 5.36. The molecule has 1 aromatic heterocycles. The van der Waals surface area contributed by atoms with Gasteiger partial charge in [-0.15, -0.1) is 0 Å². The van der Waals surface area contributed by atoms with Crippen molar-refractivity contribution < 1.29 is 9.47 Å². The molecule has 0 aliphatic rings. The highest BCUT2D eigenvalue weighted by Gasteiger charge is 2.17. The third-order valence-corrected chi connectivity index (χ3v) is 3.63. The fourth-order valence-electron chi connectivity index (χ4n) is 2.51. The summed E-state index contributed by atoms with van der Waals surface area (Å²) < 4.78 is 10.7. The van der Waals surface area contributed by atoms with Crippen LogP contribution in [0.25, 0.3) is 0 Å². The third-order valence-electron chi connectivity index (χ3n) is 3.63. The minimum atomic E-state index is 0.0759. The third kappa shape index (κ3) is 3.34. The fourth-order valence-corrected chi connectivity index (χ4v) is 2.51. The Kier molecular flexibility index (Phi) is 5.17. The van der Waals surface area contributed by atoms with E-state index in [2.05, 4.69) is 23.3 Å². The van der Waals surface area contributed by atoms with Crippen LogP contribution in [0.2, 0.25) is 0 Å². The number of nitrogens with one attached hydrogen (secondary N) is 1. The van der Waals surface area contributed by atoms with E-state index in [-0.39, 0.29) is 6.04 Å². The van der Waals surface area contributed by atoms with Crippen LogP contribution in [0.5, 0.6) is 11.5 Å². The minimum absolute atomic E-state index is 0.0759. The van der Waals surface area contributed by atoms with Gasteiger partial charge in [-0.3, -0.25) is 4.98 Å². The highest BCUT2D eigenvalue weighted by molar-refractivity contribution is 5.44. The average molecular weight is 286 g/mol. The summed E-state index contributed by atoms with van der Waals surface area (Å²) in [7, 11) is 5.28. The zero-order valence-corrected chi connectivity index (χ0v) is 13.0. The second kappa shape index (κ2) is 7.09. The van der Waals surface area contributed by atoms with E-state index in [1.165, 1.54) is 11.1 Å².